The summed E-state index contributed by atoms with van der Waals surface area (Å²) in [6.45, 7) is 0. The first-order valence-electron chi connectivity index (χ1n) is 6.69. The van der Waals surface area contributed by atoms with Crippen LogP contribution >= 0.6 is 11.8 Å². The van der Waals surface area contributed by atoms with Gasteiger partial charge in [0.05, 0.1) is 6.10 Å². The summed E-state index contributed by atoms with van der Waals surface area (Å²) in [6.07, 6.45) is -1.51. The van der Waals surface area contributed by atoms with Crippen molar-refractivity contribution in [3.63, 3.8) is 0 Å². The minimum atomic E-state index is -1.49. The molecule has 0 bridgehead atoms. The minimum Gasteiger partial charge on any atom is -0.390 e. The molecule has 1 saturated carbocycles. The zero-order valence-electron chi connectivity index (χ0n) is 10.7. The lowest BCUT2D eigenvalue weighted by Gasteiger charge is -2.43. The molecule has 0 radical (unpaired) electrons. The van der Waals surface area contributed by atoms with E-state index in [4.69, 9.17) is 4.74 Å². The minimum absolute atomic E-state index is 0.125. The first-order chi connectivity index (χ1) is 9.11. The third kappa shape index (κ3) is 2.26. The van der Waals surface area contributed by atoms with Gasteiger partial charge in [-0.15, -0.1) is 0 Å². The lowest BCUT2D eigenvalue weighted by Crippen LogP contribution is -2.58. The molecule has 3 N–H and O–H groups in total. The Morgan fingerprint density at radius 3 is 2.84 bits per heavy atom. The van der Waals surface area contributed by atoms with Gasteiger partial charge in [0.15, 0.2) is 11.3 Å². The summed E-state index contributed by atoms with van der Waals surface area (Å²) < 4.78 is 20.0. The number of aliphatic hydroxyl groups is 2. The van der Waals surface area contributed by atoms with Crippen molar-refractivity contribution < 1.29 is 19.3 Å². The Kier molecular flexibility index (Phi) is 3.72. The lowest BCUT2D eigenvalue weighted by atomic mass is 9.77. The number of halogens is 1. The number of hydrogen-bond acceptors (Lipinski definition) is 6. The lowest BCUT2D eigenvalue weighted by molar-refractivity contribution is -0.184. The fourth-order valence-electron chi connectivity index (χ4n) is 2.81. The van der Waals surface area contributed by atoms with Gasteiger partial charge in [-0.05, 0) is 18.8 Å². The highest BCUT2D eigenvalue weighted by Crippen LogP contribution is 2.41. The topological polar surface area (TPSA) is 74.1 Å². The van der Waals surface area contributed by atoms with Crippen LogP contribution in [0.1, 0.15) is 19.3 Å². The summed E-state index contributed by atoms with van der Waals surface area (Å²) in [7, 11) is 1.72. The van der Waals surface area contributed by atoms with Gasteiger partial charge in [0, 0.05) is 7.05 Å². The average Bonchev–Trinajstić information content (AvgIpc) is 2.74. The molecule has 0 unspecified atom stereocenters. The molecule has 2 aliphatic heterocycles. The number of thioether (sulfide) groups is 1. The van der Waals surface area contributed by atoms with Crippen molar-refractivity contribution in [2.45, 2.75) is 55.2 Å². The van der Waals surface area contributed by atoms with E-state index in [9.17, 15) is 14.6 Å². The number of rotatable bonds is 2. The Morgan fingerprint density at radius 1 is 1.53 bits per heavy atom. The molecule has 0 aromatic carbocycles. The molecular weight excluding hydrogens is 271 g/mol. The summed E-state index contributed by atoms with van der Waals surface area (Å²) >= 11 is 1.31. The van der Waals surface area contributed by atoms with Gasteiger partial charge in [-0.25, -0.2) is 4.39 Å². The SMILES string of the molecule is CNC1=N[C@@H]2[C@@H](F)[C@H](O)[C@@H]([C@@H](O)C3CCC3)O[C@@H]2S1. The third-order valence-corrected chi connectivity index (χ3v) is 5.39. The highest BCUT2D eigenvalue weighted by Gasteiger charge is 2.52. The van der Waals surface area contributed by atoms with Crippen molar-refractivity contribution in [1.82, 2.24) is 5.32 Å². The standard InChI is InChI=1S/C12H19FN2O3S/c1-14-12-15-7-6(13)9(17)10(18-11(7)19-12)8(16)5-3-2-4-5/h5-11,16-17H,2-4H2,1H3,(H,14,15)/t6-,7-,8+,9+,10-,11-/m1/s1. The predicted octanol–water partition coefficient (Wildman–Crippen LogP) is 0.262. The number of nitrogens with zero attached hydrogens (tertiary/aromatic N) is 1. The zero-order chi connectivity index (χ0) is 13.6. The van der Waals surface area contributed by atoms with E-state index in [0.29, 0.717) is 5.17 Å². The van der Waals surface area contributed by atoms with E-state index >= 15 is 0 Å². The Balaban J connectivity index is 1.72. The molecule has 7 heteroatoms. The number of aliphatic hydroxyl groups excluding tert-OH is 2. The number of ether oxygens (including phenoxy) is 1. The molecule has 2 heterocycles. The predicted molar refractivity (Wildman–Crippen MR) is 70.8 cm³/mol. The van der Waals surface area contributed by atoms with Crippen LogP contribution in [0, 0.1) is 5.92 Å². The van der Waals surface area contributed by atoms with Crippen molar-refractivity contribution in [2.75, 3.05) is 7.05 Å². The van der Waals surface area contributed by atoms with E-state index < -0.39 is 36.0 Å². The summed E-state index contributed by atoms with van der Waals surface area (Å²) in [6, 6.07) is -0.688. The second kappa shape index (κ2) is 5.20. The van der Waals surface area contributed by atoms with Crippen LogP contribution in [-0.2, 0) is 4.74 Å². The van der Waals surface area contributed by atoms with E-state index in [1.165, 1.54) is 11.8 Å². The fourth-order valence-corrected chi connectivity index (χ4v) is 3.86. The first kappa shape index (κ1) is 13.6. The molecule has 1 aliphatic carbocycles. The molecule has 3 aliphatic rings. The summed E-state index contributed by atoms with van der Waals surface area (Å²) in [4.78, 5) is 4.16. The van der Waals surface area contributed by atoms with Crippen molar-refractivity contribution >= 4 is 16.9 Å². The van der Waals surface area contributed by atoms with Gasteiger partial charge in [-0.2, -0.15) is 0 Å². The maximum atomic E-state index is 14.2. The Hall–Kier alpha value is -0.370. The highest BCUT2D eigenvalue weighted by molar-refractivity contribution is 8.14. The first-order valence-corrected chi connectivity index (χ1v) is 7.57. The van der Waals surface area contributed by atoms with E-state index in [1.54, 1.807) is 7.05 Å². The van der Waals surface area contributed by atoms with Gasteiger partial charge >= 0.3 is 0 Å². The largest absolute Gasteiger partial charge is 0.390 e. The molecule has 1 saturated heterocycles. The molecule has 0 spiro atoms. The molecule has 2 fully saturated rings. The summed E-state index contributed by atoms with van der Waals surface area (Å²) in [5, 5.41) is 23.7. The quantitative estimate of drug-likeness (QED) is 0.680. The van der Waals surface area contributed by atoms with E-state index in [1.807, 2.05) is 0 Å². The van der Waals surface area contributed by atoms with Gasteiger partial charge in [0.1, 0.15) is 23.7 Å². The number of fused-ring (bicyclic) bond motifs is 1. The van der Waals surface area contributed by atoms with Crippen LogP contribution in [0.2, 0.25) is 0 Å². The summed E-state index contributed by atoms with van der Waals surface area (Å²) in [5.41, 5.74) is -0.458. The molecule has 3 rings (SSSR count). The maximum Gasteiger partial charge on any atom is 0.159 e. The van der Waals surface area contributed by atoms with Crippen LogP contribution in [0.3, 0.4) is 0 Å². The molecule has 19 heavy (non-hydrogen) atoms. The molecule has 108 valence electrons. The Morgan fingerprint density at radius 2 is 2.26 bits per heavy atom. The second-order valence-corrected chi connectivity index (χ2v) is 6.47. The molecular formula is C12H19FN2O3S. The number of nitrogens with one attached hydrogen (secondary N) is 1. The third-order valence-electron chi connectivity index (χ3n) is 4.24. The average molecular weight is 290 g/mol. The van der Waals surface area contributed by atoms with Gasteiger partial charge < -0.3 is 20.3 Å². The van der Waals surface area contributed by atoms with Gasteiger partial charge in [0.25, 0.3) is 0 Å². The van der Waals surface area contributed by atoms with E-state index in [2.05, 4.69) is 10.3 Å². The highest BCUT2D eigenvalue weighted by atomic mass is 32.2. The fraction of sp³-hybridized carbons (Fsp3) is 0.917. The Labute approximate surface area is 115 Å². The van der Waals surface area contributed by atoms with E-state index in [0.717, 1.165) is 19.3 Å². The van der Waals surface area contributed by atoms with Crippen molar-refractivity contribution in [2.24, 2.45) is 10.9 Å². The van der Waals surface area contributed by atoms with Crippen LogP contribution in [-0.4, -0.2) is 58.4 Å². The zero-order valence-corrected chi connectivity index (χ0v) is 11.5. The maximum absolute atomic E-state index is 14.2. The number of hydrogen-bond donors (Lipinski definition) is 3. The number of alkyl halides is 1. The van der Waals surface area contributed by atoms with Crippen molar-refractivity contribution in [1.29, 1.82) is 0 Å². The molecule has 0 aromatic heterocycles. The molecule has 5 nitrogen and oxygen atoms in total. The van der Waals surface area contributed by atoms with Crippen LogP contribution in [0.4, 0.5) is 4.39 Å². The number of amidine groups is 1. The van der Waals surface area contributed by atoms with Crippen LogP contribution < -0.4 is 5.32 Å². The molecule has 6 atom stereocenters. The van der Waals surface area contributed by atoms with Crippen LogP contribution in [0.5, 0.6) is 0 Å². The van der Waals surface area contributed by atoms with Crippen LogP contribution in [0.25, 0.3) is 0 Å². The van der Waals surface area contributed by atoms with E-state index in [-0.39, 0.29) is 5.92 Å². The summed E-state index contributed by atoms with van der Waals surface area (Å²) in [5.74, 6) is 0.125. The van der Waals surface area contributed by atoms with Gasteiger partial charge in [-0.1, -0.05) is 18.2 Å². The molecule has 0 amide bonds. The second-order valence-electron chi connectivity index (χ2n) is 5.38. The monoisotopic (exact) mass is 290 g/mol. The van der Waals surface area contributed by atoms with Crippen molar-refractivity contribution in [3.05, 3.63) is 0 Å². The van der Waals surface area contributed by atoms with Gasteiger partial charge in [0.2, 0.25) is 0 Å². The van der Waals surface area contributed by atoms with Gasteiger partial charge in [-0.3, -0.25) is 4.99 Å². The number of aliphatic imine (C=N–C) groups is 1. The molecule has 0 aromatic rings. The normalized spacial score (nSPS) is 44.2. The Bertz CT molecular complexity index is 380. The van der Waals surface area contributed by atoms with Crippen LogP contribution in [0.15, 0.2) is 4.99 Å². The van der Waals surface area contributed by atoms with Crippen molar-refractivity contribution in [3.8, 4) is 0 Å². The smallest absolute Gasteiger partial charge is 0.159 e.